The molecule has 0 N–H and O–H groups in total. The second-order valence-corrected chi connectivity index (χ2v) is 7.57. The van der Waals surface area contributed by atoms with E-state index in [1.165, 1.54) is 6.92 Å². The van der Waals surface area contributed by atoms with Gasteiger partial charge in [0.2, 0.25) is 0 Å². The monoisotopic (exact) mass is 424 g/mol. The largest absolute Gasteiger partial charge is 0.493 e. The van der Waals surface area contributed by atoms with Crippen molar-refractivity contribution in [3.05, 3.63) is 77.9 Å². The van der Waals surface area contributed by atoms with Gasteiger partial charge in [-0.2, -0.15) is 0 Å². The van der Waals surface area contributed by atoms with Crippen molar-refractivity contribution in [2.45, 2.75) is 6.92 Å². The van der Waals surface area contributed by atoms with Crippen LogP contribution in [-0.2, 0) is 4.79 Å². The van der Waals surface area contributed by atoms with Gasteiger partial charge in [-0.05, 0) is 34.7 Å². The van der Waals surface area contributed by atoms with Gasteiger partial charge in [0.15, 0.2) is 17.3 Å². The van der Waals surface area contributed by atoms with E-state index in [0.29, 0.717) is 33.8 Å². The van der Waals surface area contributed by atoms with E-state index in [1.807, 2.05) is 54.6 Å². The molecule has 0 saturated heterocycles. The van der Waals surface area contributed by atoms with Crippen LogP contribution in [0.5, 0.6) is 17.2 Å². The summed E-state index contributed by atoms with van der Waals surface area (Å²) in [6, 6.07) is 21.0. The van der Waals surface area contributed by atoms with E-state index in [1.54, 1.807) is 26.4 Å². The normalized spacial score (nSPS) is 11.8. The molecule has 1 aliphatic rings. The quantitative estimate of drug-likeness (QED) is 0.275. The second-order valence-electron chi connectivity index (χ2n) is 7.57. The summed E-state index contributed by atoms with van der Waals surface area (Å²) in [5.41, 5.74) is 4.77. The van der Waals surface area contributed by atoms with Gasteiger partial charge in [-0.15, -0.1) is 0 Å². The molecule has 4 aromatic rings. The van der Waals surface area contributed by atoms with Gasteiger partial charge < -0.3 is 14.2 Å². The molecule has 0 heterocycles. The average molecular weight is 424 g/mol. The first kappa shape index (κ1) is 19.8. The predicted molar refractivity (Wildman–Crippen MR) is 123 cm³/mol. The third kappa shape index (κ3) is 2.94. The van der Waals surface area contributed by atoms with Crippen LogP contribution in [0.4, 0.5) is 0 Å². The summed E-state index contributed by atoms with van der Waals surface area (Å²) < 4.78 is 16.5. The van der Waals surface area contributed by atoms with E-state index in [9.17, 15) is 9.59 Å². The van der Waals surface area contributed by atoms with Gasteiger partial charge >= 0.3 is 5.97 Å². The Balaban J connectivity index is 1.92. The lowest BCUT2D eigenvalue weighted by Crippen LogP contribution is -2.04. The van der Waals surface area contributed by atoms with Gasteiger partial charge in [-0.1, -0.05) is 48.5 Å². The van der Waals surface area contributed by atoms with Crippen LogP contribution in [0.15, 0.2) is 66.7 Å². The van der Waals surface area contributed by atoms with E-state index >= 15 is 0 Å². The SMILES string of the molecule is COc1cc2c(OC(C)=O)cc3c(c2cc1OC)-c1c(cccc1-c1ccccc1)C3=O. The maximum absolute atomic E-state index is 13.4. The zero-order valence-electron chi connectivity index (χ0n) is 17.9. The molecular formula is C27H20O5. The zero-order valence-corrected chi connectivity index (χ0v) is 17.9. The van der Waals surface area contributed by atoms with Crippen molar-refractivity contribution >= 4 is 22.5 Å². The Labute approximate surface area is 185 Å². The van der Waals surface area contributed by atoms with Gasteiger partial charge in [-0.25, -0.2) is 0 Å². The maximum Gasteiger partial charge on any atom is 0.308 e. The summed E-state index contributed by atoms with van der Waals surface area (Å²) >= 11 is 0. The van der Waals surface area contributed by atoms with Crippen LogP contribution in [-0.4, -0.2) is 26.0 Å². The van der Waals surface area contributed by atoms with Crippen LogP contribution in [0.2, 0.25) is 0 Å². The number of methoxy groups -OCH3 is 2. The first-order valence-electron chi connectivity index (χ1n) is 10.2. The predicted octanol–water partition coefficient (Wildman–Crippen LogP) is 5.66. The molecule has 0 fully saturated rings. The number of benzene rings is 4. The number of esters is 1. The average Bonchev–Trinajstić information content (AvgIpc) is 3.10. The highest BCUT2D eigenvalue weighted by molar-refractivity contribution is 6.28. The molecule has 0 bridgehead atoms. The van der Waals surface area contributed by atoms with Crippen molar-refractivity contribution in [3.63, 3.8) is 0 Å². The Morgan fingerprint density at radius 1 is 0.688 bits per heavy atom. The molecule has 1 aliphatic carbocycles. The van der Waals surface area contributed by atoms with Gasteiger partial charge in [0.05, 0.1) is 14.2 Å². The fraction of sp³-hybridized carbons (Fsp3) is 0.111. The molecule has 5 nitrogen and oxygen atoms in total. The number of hydrogen-bond acceptors (Lipinski definition) is 5. The minimum atomic E-state index is -0.464. The van der Waals surface area contributed by atoms with E-state index < -0.39 is 5.97 Å². The van der Waals surface area contributed by atoms with Crippen LogP contribution in [0.1, 0.15) is 22.8 Å². The van der Waals surface area contributed by atoms with E-state index in [0.717, 1.165) is 27.6 Å². The molecule has 0 unspecified atom stereocenters. The second kappa shape index (κ2) is 7.54. The van der Waals surface area contributed by atoms with Crippen LogP contribution >= 0.6 is 0 Å². The molecule has 0 aromatic heterocycles. The Bertz CT molecular complexity index is 1400. The highest BCUT2D eigenvalue weighted by atomic mass is 16.5. The number of fused-ring (bicyclic) bond motifs is 5. The molecule has 5 heteroatoms. The van der Waals surface area contributed by atoms with Crippen molar-refractivity contribution in [1.82, 2.24) is 0 Å². The van der Waals surface area contributed by atoms with Crippen molar-refractivity contribution in [3.8, 4) is 39.5 Å². The fourth-order valence-corrected chi connectivity index (χ4v) is 4.42. The molecule has 0 aliphatic heterocycles. The van der Waals surface area contributed by atoms with Crippen molar-refractivity contribution in [2.24, 2.45) is 0 Å². The Kier molecular flexibility index (Phi) is 4.67. The number of ketones is 1. The molecule has 0 radical (unpaired) electrons. The smallest absolute Gasteiger partial charge is 0.308 e. The summed E-state index contributed by atoms with van der Waals surface area (Å²) in [5, 5.41) is 1.42. The summed E-state index contributed by atoms with van der Waals surface area (Å²) in [6.45, 7) is 1.34. The van der Waals surface area contributed by atoms with Gasteiger partial charge in [0.25, 0.3) is 0 Å². The van der Waals surface area contributed by atoms with Gasteiger partial charge in [-0.3, -0.25) is 9.59 Å². The lowest BCUT2D eigenvalue weighted by molar-refractivity contribution is -0.131. The Morgan fingerprint density at radius 2 is 1.34 bits per heavy atom. The minimum absolute atomic E-state index is 0.0992. The molecule has 0 atom stereocenters. The third-order valence-electron chi connectivity index (χ3n) is 5.75. The third-order valence-corrected chi connectivity index (χ3v) is 5.75. The first-order chi connectivity index (χ1) is 15.5. The number of carbonyl (C=O) groups excluding carboxylic acids is 2. The van der Waals surface area contributed by atoms with Crippen molar-refractivity contribution < 1.29 is 23.8 Å². The standard InChI is InChI=1S/C27H20O5/c1-15(28)32-22-14-21-26(20-13-24(31-3)23(30-2)12-19(20)22)25-17(16-8-5-4-6-9-16)10-7-11-18(25)27(21)29/h4-14H,1-3H3. The first-order valence-corrected chi connectivity index (χ1v) is 10.2. The van der Waals surface area contributed by atoms with E-state index in [4.69, 9.17) is 14.2 Å². The summed E-state index contributed by atoms with van der Waals surface area (Å²) in [4.78, 5) is 25.2. The fourth-order valence-electron chi connectivity index (χ4n) is 4.42. The molecule has 0 saturated carbocycles. The molecule has 4 aromatic carbocycles. The van der Waals surface area contributed by atoms with E-state index in [-0.39, 0.29) is 5.78 Å². The Hall–Kier alpha value is -4.12. The topological polar surface area (TPSA) is 61.8 Å². The number of carbonyl (C=O) groups is 2. The summed E-state index contributed by atoms with van der Waals surface area (Å²) in [5.74, 6) is 0.788. The molecule has 0 amide bonds. The minimum Gasteiger partial charge on any atom is -0.493 e. The molecule has 5 rings (SSSR count). The van der Waals surface area contributed by atoms with Crippen molar-refractivity contribution in [2.75, 3.05) is 14.2 Å². The van der Waals surface area contributed by atoms with Crippen molar-refractivity contribution in [1.29, 1.82) is 0 Å². The Morgan fingerprint density at radius 3 is 2.00 bits per heavy atom. The number of rotatable bonds is 4. The molecule has 0 spiro atoms. The number of hydrogen-bond donors (Lipinski definition) is 0. The van der Waals surface area contributed by atoms with Crippen LogP contribution in [0.25, 0.3) is 33.0 Å². The maximum atomic E-state index is 13.4. The molecule has 158 valence electrons. The van der Waals surface area contributed by atoms with Crippen LogP contribution in [0.3, 0.4) is 0 Å². The highest BCUT2D eigenvalue weighted by Crippen LogP contribution is 2.50. The summed E-state index contributed by atoms with van der Waals surface area (Å²) in [6.07, 6.45) is 0. The number of ether oxygens (including phenoxy) is 3. The van der Waals surface area contributed by atoms with Gasteiger partial charge in [0.1, 0.15) is 5.75 Å². The zero-order chi connectivity index (χ0) is 22.4. The summed E-state index contributed by atoms with van der Waals surface area (Å²) in [7, 11) is 3.11. The molecule has 32 heavy (non-hydrogen) atoms. The van der Waals surface area contributed by atoms with Crippen LogP contribution < -0.4 is 14.2 Å². The van der Waals surface area contributed by atoms with Gasteiger partial charge in [0, 0.05) is 34.6 Å². The van der Waals surface area contributed by atoms with Crippen LogP contribution in [0, 0.1) is 0 Å². The highest BCUT2D eigenvalue weighted by Gasteiger charge is 2.33. The molecular weight excluding hydrogens is 404 g/mol. The van der Waals surface area contributed by atoms with E-state index in [2.05, 4.69) is 0 Å². The lowest BCUT2D eigenvalue weighted by atomic mass is 9.91. The lowest BCUT2D eigenvalue weighted by Gasteiger charge is -2.16.